The van der Waals surface area contributed by atoms with Crippen molar-refractivity contribution in [2.45, 2.75) is 89.8 Å². The summed E-state index contributed by atoms with van der Waals surface area (Å²) >= 11 is 0. The van der Waals surface area contributed by atoms with Gasteiger partial charge in [-0.15, -0.1) is 13.2 Å². The average Bonchev–Trinajstić information content (AvgIpc) is 2.86. The van der Waals surface area contributed by atoms with Crippen LogP contribution in [0.2, 0.25) is 0 Å². The third kappa shape index (κ3) is 7.71. The van der Waals surface area contributed by atoms with E-state index in [0.717, 1.165) is 43.2 Å². The molecule has 4 atom stereocenters. The number of ether oxygens (including phenoxy) is 2. The second-order valence-corrected chi connectivity index (χ2v) is 10.7. The van der Waals surface area contributed by atoms with Crippen molar-refractivity contribution < 1.29 is 31.8 Å². The molecule has 37 heavy (non-hydrogen) atoms. The molecule has 2 aromatic carbocycles. The number of fused-ring (bicyclic) bond motifs is 1. The van der Waals surface area contributed by atoms with Gasteiger partial charge in [0.25, 0.3) is 0 Å². The van der Waals surface area contributed by atoms with Crippen LogP contribution in [0.15, 0.2) is 42.5 Å². The molecule has 2 fully saturated rings. The summed E-state index contributed by atoms with van der Waals surface area (Å²) in [6, 6.07) is 8.96. The number of halogens is 4. The van der Waals surface area contributed by atoms with Gasteiger partial charge in [-0.05, 0) is 97.7 Å². The lowest BCUT2D eigenvalue weighted by Crippen LogP contribution is -2.30. The number of alkyl halides is 3. The number of carbonyl (C=O) groups is 1. The minimum absolute atomic E-state index is 0.0447. The Labute approximate surface area is 216 Å². The third-order valence-electron chi connectivity index (χ3n) is 8.13. The van der Waals surface area contributed by atoms with E-state index in [-0.39, 0.29) is 17.2 Å². The van der Waals surface area contributed by atoms with Crippen LogP contribution in [-0.2, 0) is 0 Å². The number of rotatable bonds is 9. The van der Waals surface area contributed by atoms with Gasteiger partial charge in [-0.25, -0.2) is 9.18 Å². The predicted molar refractivity (Wildman–Crippen MR) is 134 cm³/mol. The highest BCUT2D eigenvalue weighted by atomic mass is 19.4. The summed E-state index contributed by atoms with van der Waals surface area (Å²) in [5.74, 6) is 0.873. The number of esters is 1. The lowest BCUT2D eigenvalue weighted by Gasteiger charge is -2.42. The second-order valence-electron chi connectivity index (χ2n) is 10.7. The van der Waals surface area contributed by atoms with Crippen molar-refractivity contribution in [3.63, 3.8) is 0 Å². The average molecular weight is 521 g/mol. The van der Waals surface area contributed by atoms with E-state index < -0.39 is 23.9 Å². The molecule has 4 rings (SSSR count). The molecule has 0 aliphatic heterocycles. The first-order valence-electron chi connectivity index (χ1n) is 13.6. The molecule has 0 N–H and O–H groups in total. The van der Waals surface area contributed by atoms with E-state index in [9.17, 15) is 18.0 Å². The van der Waals surface area contributed by atoms with Crippen LogP contribution in [0.3, 0.4) is 0 Å². The van der Waals surface area contributed by atoms with E-state index in [1.165, 1.54) is 69.6 Å². The van der Waals surface area contributed by atoms with Crippen LogP contribution in [-0.4, -0.2) is 12.3 Å². The Morgan fingerprint density at radius 1 is 0.892 bits per heavy atom. The SMILES string of the molecule is CCCCCC[C@H]1CC[C@@H]2CC(c3ccc(C(=O)Oc4ccc(OC(F)(F)F)cc4)cc3F)CC[C@H]2C1. The van der Waals surface area contributed by atoms with Gasteiger partial charge >= 0.3 is 12.3 Å². The van der Waals surface area contributed by atoms with Gasteiger partial charge in [-0.3, -0.25) is 0 Å². The minimum Gasteiger partial charge on any atom is -0.423 e. The van der Waals surface area contributed by atoms with Gasteiger partial charge in [0, 0.05) is 0 Å². The topological polar surface area (TPSA) is 35.5 Å². The van der Waals surface area contributed by atoms with Crippen molar-refractivity contribution in [1.82, 2.24) is 0 Å². The number of hydrogen-bond donors (Lipinski definition) is 0. The Kier molecular flexibility index (Phi) is 9.14. The maximum absolute atomic E-state index is 15.1. The molecular formula is C30H36F4O3. The molecule has 2 aliphatic carbocycles. The Bertz CT molecular complexity index is 1030. The standard InChI is InChI=1S/C30H36F4O3/c1-2-3-4-5-6-20-7-8-22-18-23(10-9-21(22)17-20)27-16-11-24(19-28(27)31)29(35)36-25-12-14-26(15-13-25)37-30(32,33)34/h11-16,19-23H,2-10,17-18H2,1H3/t20-,21-,22+,23?/m0/s1. The van der Waals surface area contributed by atoms with E-state index in [2.05, 4.69) is 11.7 Å². The fraction of sp³-hybridized carbons (Fsp3) is 0.567. The van der Waals surface area contributed by atoms with Gasteiger partial charge < -0.3 is 9.47 Å². The van der Waals surface area contributed by atoms with Crippen LogP contribution in [0, 0.1) is 23.6 Å². The van der Waals surface area contributed by atoms with Crippen LogP contribution < -0.4 is 9.47 Å². The summed E-state index contributed by atoms with van der Waals surface area (Å²) in [7, 11) is 0. The first-order valence-corrected chi connectivity index (χ1v) is 13.6. The minimum atomic E-state index is -4.80. The van der Waals surface area contributed by atoms with E-state index in [0.29, 0.717) is 11.5 Å². The number of benzene rings is 2. The zero-order valence-electron chi connectivity index (χ0n) is 21.4. The lowest BCUT2D eigenvalue weighted by molar-refractivity contribution is -0.274. The molecule has 0 amide bonds. The Morgan fingerprint density at radius 2 is 1.59 bits per heavy atom. The van der Waals surface area contributed by atoms with Gasteiger partial charge in [-0.1, -0.05) is 51.5 Å². The summed E-state index contributed by atoms with van der Waals surface area (Å²) in [5, 5.41) is 0. The summed E-state index contributed by atoms with van der Waals surface area (Å²) in [6.45, 7) is 2.24. The molecule has 0 spiro atoms. The quantitative estimate of drug-likeness (QED) is 0.143. The van der Waals surface area contributed by atoms with E-state index in [1.54, 1.807) is 12.1 Å². The number of hydrogen-bond acceptors (Lipinski definition) is 3. The van der Waals surface area contributed by atoms with Crippen molar-refractivity contribution in [3.05, 3.63) is 59.4 Å². The fourth-order valence-electron chi connectivity index (χ4n) is 6.25. The predicted octanol–water partition coefficient (Wildman–Crippen LogP) is 9.21. The Balaban J connectivity index is 1.30. The molecule has 0 aromatic heterocycles. The highest BCUT2D eigenvalue weighted by Crippen LogP contribution is 2.48. The zero-order chi connectivity index (χ0) is 26.4. The van der Waals surface area contributed by atoms with Crippen molar-refractivity contribution in [1.29, 1.82) is 0 Å². The molecule has 1 unspecified atom stereocenters. The largest absolute Gasteiger partial charge is 0.573 e. The first kappa shape index (κ1) is 27.5. The van der Waals surface area contributed by atoms with Crippen LogP contribution >= 0.6 is 0 Å². The Morgan fingerprint density at radius 3 is 2.30 bits per heavy atom. The van der Waals surface area contributed by atoms with Crippen LogP contribution in [0.1, 0.15) is 99.4 Å². The fourth-order valence-corrected chi connectivity index (χ4v) is 6.25. The van der Waals surface area contributed by atoms with Crippen molar-refractivity contribution in [2.75, 3.05) is 0 Å². The molecule has 0 saturated heterocycles. The summed E-state index contributed by atoms with van der Waals surface area (Å²) in [5.41, 5.74) is 0.722. The van der Waals surface area contributed by atoms with Crippen LogP contribution in [0.25, 0.3) is 0 Å². The maximum atomic E-state index is 15.1. The summed E-state index contributed by atoms with van der Waals surface area (Å²) < 4.78 is 61.0. The highest BCUT2D eigenvalue weighted by molar-refractivity contribution is 5.91. The Hall–Kier alpha value is -2.57. The second kappa shape index (κ2) is 12.3. The molecule has 0 heterocycles. The number of unbranched alkanes of at least 4 members (excludes halogenated alkanes) is 3. The smallest absolute Gasteiger partial charge is 0.423 e. The third-order valence-corrected chi connectivity index (χ3v) is 8.13. The van der Waals surface area contributed by atoms with Gasteiger partial charge in [0.05, 0.1) is 5.56 Å². The first-order chi connectivity index (χ1) is 17.7. The van der Waals surface area contributed by atoms with Gasteiger partial charge in [0.2, 0.25) is 0 Å². The summed E-state index contributed by atoms with van der Waals surface area (Å²) in [6.07, 6.45) is 8.79. The van der Waals surface area contributed by atoms with Gasteiger partial charge in [0.1, 0.15) is 17.3 Å². The van der Waals surface area contributed by atoms with Crippen molar-refractivity contribution >= 4 is 5.97 Å². The molecule has 2 aliphatic rings. The molecule has 0 bridgehead atoms. The lowest BCUT2D eigenvalue weighted by atomic mass is 9.63. The maximum Gasteiger partial charge on any atom is 0.573 e. The monoisotopic (exact) mass is 520 g/mol. The molecular weight excluding hydrogens is 484 g/mol. The van der Waals surface area contributed by atoms with E-state index >= 15 is 4.39 Å². The highest BCUT2D eigenvalue weighted by Gasteiger charge is 2.36. The molecule has 2 aromatic rings. The molecule has 7 heteroatoms. The van der Waals surface area contributed by atoms with Crippen molar-refractivity contribution in [3.8, 4) is 11.5 Å². The van der Waals surface area contributed by atoms with Crippen LogP contribution in [0.5, 0.6) is 11.5 Å². The molecule has 0 radical (unpaired) electrons. The van der Waals surface area contributed by atoms with Gasteiger partial charge in [0.15, 0.2) is 0 Å². The molecule has 202 valence electrons. The summed E-state index contributed by atoms with van der Waals surface area (Å²) in [4.78, 5) is 12.5. The van der Waals surface area contributed by atoms with Gasteiger partial charge in [-0.2, -0.15) is 0 Å². The van der Waals surface area contributed by atoms with E-state index in [4.69, 9.17) is 4.74 Å². The zero-order valence-corrected chi connectivity index (χ0v) is 21.4. The normalized spacial score (nSPS) is 23.8. The molecule has 3 nitrogen and oxygen atoms in total. The van der Waals surface area contributed by atoms with Crippen LogP contribution in [0.4, 0.5) is 17.6 Å². The van der Waals surface area contributed by atoms with Crippen molar-refractivity contribution in [2.24, 2.45) is 17.8 Å². The molecule has 2 saturated carbocycles. The van der Waals surface area contributed by atoms with E-state index in [1.807, 2.05) is 0 Å². The number of carbonyl (C=O) groups excluding carboxylic acids is 1.